The van der Waals surface area contributed by atoms with Crippen molar-refractivity contribution >= 4 is 17.5 Å². The van der Waals surface area contributed by atoms with Gasteiger partial charge in [-0.25, -0.2) is 4.39 Å². The van der Waals surface area contributed by atoms with E-state index in [1.165, 1.54) is 23.9 Å². The van der Waals surface area contributed by atoms with Gasteiger partial charge < -0.3 is 4.57 Å². The van der Waals surface area contributed by atoms with Crippen LogP contribution in [0.3, 0.4) is 0 Å². The number of aryl methyl sites for hydroxylation is 1. The summed E-state index contributed by atoms with van der Waals surface area (Å²) in [6.45, 7) is 4.53. The van der Waals surface area contributed by atoms with Crippen LogP contribution in [0.4, 0.5) is 4.39 Å². The monoisotopic (exact) mass is 496 g/mol. The summed E-state index contributed by atoms with van der Waals surface area (Å²) in [6.07, 6.45) is 0. The molecular weight excluding hydrogens is 471 g/mol. The maximum Gasteiger partial charge on any atom is 0.192 e. The van der Waals surface area contributed by atoms with Crippen molar-refractivity contribution in [1.82, 2.24) is 19.3 Å². The molecule has 2 aromatic heterocycles. The van der Waals surface area contributed by atoms with E-state index < -0.39 is 0 Å². The minimum atomic E-state index is -0.304. The van der Waals surface area contributed by atoms with Crippen LogP contribution in [-0.4, -0.2) is 30.9 Å². The first-order chi connectivity index (χ1) is 17.5. The predicted octanol–water partition coefficient (Wildman–Crippen LogP) is 6.52. The third-order valence-electron chi connectivity index (χ3n) is 6.08. The van der Waals surface area contributed by atoms with Crippen LogP contribution in [0.5, 0.6) is 0 Å². The van der Waals surface area contributed by atoms with E-state index in [4.69, 9.17) is 0 Å². The fraction of sp³-hybridized carbons (Fsp3) is 0.138. The lowest BCUT2D eigenvalue weighted by Gasteiger charge is -2.11. The number of thioether (sulfide) groups is 1. The van der Waals surface area contributed by atoms with Gasteiger partial charge in [0.05, 0.1) is 12.3 Å². The van der Waals surface area contributed by atoms with Gasteiger partial charge >= 0.3 is 0 Å². The third kappa shape index (κ3) is 4.88. The molecule has 36 heavy (non-hydrogen) atoms. The fourth-order valence-electron chi connectivity index (χ4n) is 4.34. The van der Waals surface area contributed by atoms with E-state index in [0.717, 1.165) is 28.2 Å². The highest BCUT2D eigenvalue weighted by Gasteiger charge is 2.20. The SMILES string of the molecule is Cc1cc(C(=O)CSc2nnc(-c3ccc(F)cc3)n2Cc2ccccc2)c(C)n1-c1ccccc1. The first kappa shape index (κ1) is 23.8. The normalized spacial score (nSPS) is 11.1. The number of aromatic nitrogens is 4. The lowest BCUT2D eigenvalue weighted by Crippen LogP contribution is -2.08. The van der Waals surface area contributed by atoms with Crippen molar-refractivity contribution in [3.05, 3.63) is 119 Å². The van der Waals surface area contributed by atoms with Crippen LogP contribution in [0.15, 0.2) is 96.2 Å². The Morgan fingerprint density at radius 3 is 2.25 bits per heavy atom. The Hall–Kier alpha value is -3.97. The molecule has 5 nitrogen and oxygen atoms in total. The largest absolute Gasteiger partial charge is 0.318 e. The Kier molecular flexibility index (Phi) is 6.82. The summed E-state index contributed by atoms with van der Waals surface area (Å²) in [6, 6.07) is 28.2. The van der Waals surface area contributed by atoms with Crippen molar-refractivity contribution in [2.24, 2.45) is 0 Å². The van der Waals surface area contributed by atoms with E-state index in [1.54, 1.807) is 12.1 Å². The van der Waals surface area contributed by atoms with Crippen LogP contribution in [0.25, 0.3) is 17.1 Å². The molecule has 7 heteroatoms. The fourth-order valence-corrected chi connectivity index (χ4v) is 5.16. The molecule has 0 fully saturated rings. The van der Waals surface area contributed by atoms with Gasteiger partial charge in [0.25, 0.3) is 0 Å². The smallest absolute Gasteiger partial charge is 0.192 e. The summed E-state index contributed by atoms with van der Waals surface area (Å²) < 4.78 is 17.6. The van der Waals surface area contributed by atoms with Gasteiger partial charge in [-0.3, -0.25) is 9.36 Å². The minimum absolute atomic E-state index is 0.0351. The average Bonchev–Trinajstić information content (AvgIpc) is 3.43. The zero-order valence-corrected chi connectivity index (χ0v) is 20.9. The Balaban J connectivity index is 1.42. The predicted molar refractivity (Wildman–Crippen MR) is 141 cm³/mol. The molecular formula is C29H25FN4OS. The highest BCUT2D eigenvalue weighted by atomic mass is 32.2. The second-order valence-electron chi connectivity index (χ2n) is 8.55. The van der Waals surface area contributed by atoms with Crippen LogP contribution in [-0.2, 0) is 6.54 Å². The average molecular weight is 497 g/mol. The molecule has 0 saturated carbocycles. The summed E-state index contributed by atoms with van der Waals surface area (Å²) in [7, 11) is 0. The number of Topliss-reactive ketones (excluding diaryl/α,β-unsaturated/α-hetero) is 1. The van der Waals surface area contributed by atoms with Crippen LogP contribution >= 0.6 is 11.8 Å². The van der Waals surface area contributed by atoms with Crippen molar-refractivity contribution < 1.29 is 9.18 Å². The summed E-state index contributed by atoms with van der Waals surface area (Å²) in [5, 5.41) is 9.43. The van der Waals surface area contributed by atoms with Gasteiger partial charge in [0, 0.05) is 28.2 Å². The highest BCUT2D eigenvalue weighted by Crippen LogP contribution is 2.27. The van der Waals surface area contributed by atoms with Gasteiger partial charge in [0.15, 0.2) is 16.8 Å². The van der Waals surface area contributed by atoms with Crippen molar-refractivity contribution in [1.29, 1.82) is 0 Å². The van der Waals surface area contributed by atoms with E-state index in [-0.39, 0.29) is 17.4 Å². The molecule has 2 heterocycles. The standard InChI is InChI=1S/C29H25FN4OS/c1-20-17-26(21(2)34(20)25-11-7-4-8-12-25)27(35)19-36-29-32-31-28(23-13-15-24(30)16-14-23)33(29)18-22-9-5-3-6-10-22/h3-17H,18-19H2,1-2H3. The van der Waals surface area contributed by atoms with Gasteiger partial charge in [0.1, 0.15) is 5.82 Å². The molecule has 0 spiro atoms. The third-order valence-corrected chi connectivity index (χ3v) is 7.05. The van der Waals surface area contributed by atoms with Gasteiger partial charge in [-0.05, 0) is 61.9 Å². The number of hydrogen-bond donors (Lipinski definition) is 0. The van der Waals surface area contributed by atoms with Gasteiger partial charge in [-0.15, -0.1) is 10.2 Å². The molecule has 0 aliphatic heterocycles. The number of carbonyl (C=O) groups is 1. The van der Waals surface area contributed by atoms with Crippen molar-refractivity contribution in [2.45, 2.75) is 25.5 Å². The summed E-state index contributed by atoms with van der Waals surface area (Å²) >= 11 is 1.36. The Labute approximate surface area is 213 Å². The van der Waals surface area contributed by atoms with Gasteiger partial charge in [0.2, 0.25) is 0 Å². The number of halogens is 1. The summed E-state index contributed by atoms with van der Waals surface area (Å²) in [5.74, 6) is 0.597. The first-order valence-electron chi connectivity index (χ1n) is 11.6. The minimum Gasteiger partial charge on any atom is -0.318 e. The zero-order chi connectivity index (χ0) is 25.1. The van der Waals surface area contributed by atoms with Gasteiger partial charge in [-0.2, -0.15) is 0 Å². The van der Waals surface area contributed by atoms with E-state index in [1.807, 2.05) is 85.1 Å². The molecule has 0 radical (unpaired) electrons. The molecule has 5 rings (SSSR count). The second-order valence-corrected chi connectivity index (χ2v) is 9.49. The Bertz CT molecular complexity index is 1490. The van der Waals surface area contributed by atoms with Crippen molar-refractivity contribution in [3.63, 3.8) is 0 Å². The van der Waals surface area contributed by atoms with E-state index >= 15 is 0 Å². The number of hydrogen-bond acceptors (Lipinski definition) is 4. The number of ketones is 1. The quantitative estimate of drug-likeness (QED) is 0.181. The lowest BCUT2D eigenvalue weighted by molar-refractivity contribution is 0.102. The van der Waals surface area contributed by atoms with E-state index in [9.17, 15) is 9.18 Å². The van der Waals surface area contributed by atoms with Crippen LogP contribution < -0.4 is 0 Å². The van der Waals surface area contributed by atoms with Crippen molar-refractivity contribution in [3.8, 4) is 17.1 Å². The molecule has 5 aromatic rings. The lowest BCUT2D eigenvalue weighted by atomic mass is 10.2. The van der Waals surface area contributed by atoms with Crippen LogP contribution in [0.2, 0.25) is 0 Å². The molecule has 0 amide bonds. The van der Waals surface area contributed by atoms with E-state index in [0.29, 0.717) is 23.1 Å². The molecule has 0 bridgehead atoms. The molecule has 0 aliphatic carbocycles. The molecule has 0 atom stereocenters. The highest BCUT2D eigenvalue weighted by molar-refractivity contribution is 7.99. The summed E-state index contributed by atoms with van der Waals surface area (Å²) in [5.41, 5.74) is 5.52. The molecule has 0 aliphatic rings. The maximum absolute atomic E-state index is 13.5. The number of carbonyl (C=O) groups excluding carboxylic acids is 1. The Morgan fingerprint density at radius 1 is 0.889 bits per heavy atom. The molecule has 3 aromatic carbocycles. The van der Waals surface area contributed by atoms with Gasteiger partial charge in [-0.1, -0.05) is 60.3 Å². The van der Waals surface area contributed by atoms with Crippen molar-refractivity contribution in [2.75, 3.05) is 5.75 Å². The second kappa shape index (κ2) is 10.3. The molecule has 0 saturated heterocycles. The van der Waals surface area contributed by atoms with Crippen LogP contribution in [0, 0.1) is 19.7 Å². The number of rotatable bonds is 8. The first-order valence-corrected chi connectivity index (χ1v) is 12.6. The number of para-hydroxylation sites is 1. The molecule has 0 N–H and O–H groups in total. The summed E-state index contributed by atoms with van der Waals surface area (Å²) in [4.78, 5) is 13.3. The molecule has 180 valence electrons. The van der Waals surface area contributed by atoms with Crippen LogP contribution in [0.1, 0.15) is 27.3 Å². The maximum atomic E-state index is 13.5. The zero-order valence-electron chi connectivity index (χ0n) is 20.1. The topological polar surface area (TPSA) is 52.7 Å². The number of benzene rings is 3. The molecule has 0 unspecified atom stereocenters. The number of nitrogens with zero attached hydrogens (tertiary/aromatic N) is 4. The van der Waals surface area contributed by atoms with E-state index in [2.05, 4.69) is 14.8 Å². The Morgan fingerprint density at radius 2 is 1.56 bits per heavy atom.